The third kappa shape index (κ3) is 3.05. The van der Waals surface area contributed by atoms with Crippen molar-refractivity contribution in [1.29, 1.82) is 0 Å². The van der Waals surface area contributed by atoms with E-state index in [2.05, 4.69) is 15.5 Å². The highest BCUT2D eigenvalue weighted by molar-refractivity contribution is 7.99. The van der Waals surface area contributed by atoms with Crippen LogP contribution in [0.15, 0.2) is 4.52 Å². The van der Waals surface area contributed by atoms with Crippen molar-refractivity contribution in [2.24, 2.45) is 0 Å². The molecular formula is C12H19N3O2S. The van der Waals surface area contributed by atoms with Gasteiger partial charge >= 0.3 is 0 Å². The first-order chi connectivity index (χ1) is 8.92. The van der Waals surface area contributed by atoms with Gasteiger partial charge in [-0.05, 0) is 12.8 Å². The van der Waals surface area contributed by atoms with E-state index in [1.807, 2.05) is 11.8 Å². The maximum absolute atomic E-state index is 5.59. The van der Waals surface area contributed by atoms with Crippen LogP contribution in [0.3, 0.4) is 0 Å². The number of morpholine rings is 1. The van der Waals surface area contributed by atoms with Gasteiger partial charge in [0, 0.05) is 18.3 Å². The Morgan fingerprint density at radius 2 is 2.22 bits per heavy atom. The van der Waals surface area contributed by atoms with E-state index in [9.17, 15) is 0 Å². The smallest absolute Gasteiger partial charge is 0.257 e. The van der Waals surface area contributed by atoms with E-state index in [-0.39, 0.29) is 6.10 Å². The highest BCUT2D eigenvalue weighted by atomic mass is 32.2. The van der Waals surface area contributed by atoms with Gasteiger partial charge in [0.05, 0.1) is 12.4 Å². The lowest BCUT2D eigenvalue weighted by atomic mass is 10.3. The molecule has 1 aliphatic carbocycles. The second-order valence-electron chi connectivity index (χ2n) is 4.83. The molecule has 3 rings (SSSR count). The molecule has 1 saturated carbocycles. The Kier molecular flexibility index (Phi) is 4.17. The maximum Gasteiger partial charge on any atom is 0.257 e. The Morgan fingerprint density at radius 1 is 1.33 bits per heavy atom. The van der Waals surface area contributed by atoms with E-state index in [4.69, 9.17) is 9.26 Å². The van der Waals surface area contributed by atoms with Gasteiger partial charge in [0.15, 0.2) is 5.82 Å². The van der Waals surface area contributed by atoms with Gasteiger partial charge in [-0.25, -0.2) is 0 Å². The van der Waals surface area contributed by atoms with Crippen LogP contribution < -0.4 is 5.32 Å². The third-order valence-electron chi connectivity index (χ3n) is 3.44. The number of aromatic nitrogens is 2. The van der Waals surface area contributed by atoms with Crippen LogP contribution in [0, 0.1) is 0 Å². The molecule has 0 radical (unpaired) electrons. The Bertz CT molecular complexity index is 373. The SMILES string of the molecule is C1CCC(SCc2noc(C3CNCCO3)n2)C1. The standard InChI is InChI=1S/C12H19N3O2S/c1-2-4-9(3-1)18-8-11-14-12(17-15-11)10-7-13-5-6-16-10/h9-10,13H,1-8H2. The quantitative estimate of drug-likeness (QED) is 0.901. The highest BCUT2D eigenvalue weighted by Crippen LogP contribution is 2.31. The summed E-state index contributed by atoms with van der Waals surface area (Å²) in [4.78, 5) is 4.43. The first kappa shape index (κ1) is 12.4. The summed E-state index contributed by atoms with van der Waals surface area (Å²) in [5.74, 6) is 2.27. The van der Waals surface area contributed by atoms with E-state index in [1.165, 1.54) is 25.7 Å². The van der Waals surface area contributed by atoms with Crippen molar-refractivity contribution in [2.75, 3.05) is 19.7 Å². The largest absolute Gasteiger partial charge is 0.366 e. The van der Waals surface area contributed by atoms with Crippen LogP contribution in [0.4, 0.5) is 0 Å². The van der Waals surface area contributed by atoms with E-state index in [0.717, 1.165) is 29.9 Å². The molecule has 0 amide bonds. The topological polar surface area (TPSA) is 60.2 Å². The van der Waals surface area contributed by atoms with Gasteiger partial charge in [-0.15, -0.1) is 0 Å². The number of hydrogen-bond donors (Lipinski definition) is 1. The number of nitrogens with zero attached hydrogens (tertiary/aromatic N) is 2. The van der Waals surface area contributed by atoms with E-state index >= 15 is 0 Å². The van der Waals surface area contributed by atoms with E-state index in [1.54, 1.807) is 0 Å². The molecule has 1 aromatic rings. The number of ether oxygens (including phenoxy) is 1. The molecule has 6 heteroatoms. The summed E-state index contributed by atoms with van der Waals surface area (Å²) in [6, 6.07) is 0. The zero-order valence-corrected chi connectivity index (χ0v) is 11.2. The van der Waals surface area contributed by atoms with Crippen LogP contribution >= 0.6 is 11.8 Å². The summed E-state index contributed by atoms with van der Waals surface area (Å²) < 4.78 is 10.9. The molecule has 0 aromatic carbocycles. The molecule has 18 heavy (non-hydrogen) atoms. The van der Waals surface area contributed by atoms with Gasteiger partial charge in [0.1, 0.15) is 6.10 Å². The molecule has 1 saturated heterocycles. The normalized spacial score (nSPS) is 25.7. The van der Waals surface area contributed by atoms with Gasteiger partial charge < -0.3 is 14.6 Å². The summed E-state index contributed by atoms with van der Waals surface area (Å²) >= 11 is 1.96. The fourth-order valence-electron chi connectivity index (χ4n) is 2.43. The number of rotatable bonds is 4. The molecule has 5 nitrogen and oxygen atoms in total. The van der Waals surface area contributed by atoms with Crippen LogP contribution in [0.2, 0.25) is 0 Å². The average molecular weight is 269 g/mol. The Labute approximate surface area is 111 Å². The molecular weight excluding hydrogens is 250 g/mol. The number of hydrogen-bond acceptors (Lipinski definition) is 6. The van der Waals surface area contributed by atoms with E-state index < -0.39 is 0 Å². The lowest BCUT2D eigenvalue weighted by Crippen LogP contribution is -2.33. The third-order valence-corrected chi connectivity index (χ3v) is 4.80. The molecule has 1 N–H and O–H groups in total. The zero-order valence-electron chi connectivity index (χ0n) is 10.4. The predicted molar refractivity (Wildman–Crippen MR) is 69.4 cm³/mol. The number of nitrogens with one attached hydrogen (secondary N) is 1. The van der Waals surface area contributed by atoms with Crippen molar-refractivity contribution in [3.8, 4) is 0 Å². The van der Waals surface area contributed by atoms with Gasteiger partial charge in [0.2, 0.25) is 0 Å². The molecule has 1 aromatic heterocycles. The average Bonchev–Trinajstić information content (AvgIpc) is 3.09. The Balaban J connectivity index is 1.52. The summed E-state index contributed by atoms with van der Waals surface area (Å²) in [7, 11) is 0. The van der Waals surface area contributed by atoms with Gasteiger partial charge in [0.25, 0.3) is 5.89 Å². The minimum Gasteiger partial charge on any atom is -0.366 e. The van der Waals surface area contributed by atoms with Crippen molar-refractivity contribution >= 4 is 11.8 Å². The fraction of sp³-hybridized carbons (Fsp3) is 0.833. The fourth-order valence-corrected chi connectivity index (χ4v) is 3.60. The van der Waals surface area contributed by atoms with Gasteiger partial charge in [-0.2, -0.15) is 16.7 Å². The maximum atomic E-state index is 5.59. The minimum atomic E-state index is -0.0727. The lowest BCUT2D eigenvalue weighted by molar-refractivity contribution is 0.00755. The van der Waals surface area contributed by atoms with Crippen LogP contribution in [-0.2, 0) is 10.5 Å². The first-order valence-electron chi connectivity index (χ1n) is 6.68. The van der Waals surface area contributed by atoms with E-state index in [0.29, 0.717) is 12.5 Å². The van der Waals surface area contributed by atoms with Gasteiger partial charge in [-0.1, -0.05) is 18.0 Å². The second kappa shape index (κ2) is 6.04. The Hall–Kier alpha value is -0.590. The van der Waals surface area contributed by atoms with Gasteiger partial charge in [-0.3, -0.25) is 0 Å². The summed E-state index contributed by atoms with van der Waals surface area (Å²) in [5.41, 5.74) is 0. The van der Waals surface area contributed by atoms with Crippen LogP contribution in [0.1, 0.15) is 43.5 Å². The molecule has 0 bridgehead atoms. The molecule has 2 fully saturated rings. The molecule has 0 spiro atoms. The zero-order chi connectivity index (χ0) is 12.2. The molecule has 1 aliphatic heterocycles. The molecule has 1 unspecified atom stereocenters. The minimum absolute atomic E-state index is 0.0727. The molecule has 2 aliphatic rings. The lowest BCUT2D eigenvalue weighted by Gasteiger charge is -2.19. The van der Waals surface area contributed by atoms with Crippen molar-refractivity contribution in [3.05, 3.63) is 11.7 Å². The number of thioether (sulfide) groups is 1. The summed E-state index contributed by atoms with van der Waals surface area (Å²) in [5, 5.41) is 8.09. The molecule has 2 heterocycles. The van der Waals surface area contributed by atoms with Crippen LogP contribution in [0.25, 0.3) is 0 Å². The van der Waals surface area contributed by atoms with Crippen LogP contribution in [-0.4, -0.2) is 35.1 Å². The van der Waals surface area contributed by atoms with Crippen molar-refractivity contribution < 1.29 is 9.26 Å². The molecule has 1 atom stereocenters. The van der Waals surface area contributed by atoms with Crippen molar-refractivity contribution in [3.63, 3.8) is 0 Å². The first-order valence-corrected chi connectivity index (χ1v) is 7.73. The highest BCUT2D eigenvalue weighted by Gasteiger charge is 2.23. The van der Waals surface area contributed by atoms with Crippen molar-refractivity contribution in [1.82, 2.24) is 15.5 Å². The summed E-state index contributed by atoms with van der Waals surface area (Å²) in [6.07, 6.45) is 5.35. The molecule has 100 valence electrons. The second-order valence-corrected chi connectivity index (χ2v) is 6.12. The monoisotopic (exact) mass is 269 g/mol. The summed E-state index contributed by atoms with van der Waals surface area (Å²) in [6.45, 7) is 2.37. The predicted octanol–water partition coefficient (Wildman–Crippen LogP) is 1.91. The van der Waals surface area contributed by atoms with Crippen LogP contribution in [0.5, 0.6) is 0 Å². The Morgan fingerprint density at radius 3 is 3.00 bits per heavy atom. The van der Waals surface area contributed by atoms with Crippen molar-refractivity contribution in [2.45, 2.75) is 42.8 Å².